The molecule has 0 unspecified atom stereocenters. The minimum atomic E-state index is -0.0670. The number of hydrogen-bond donors (Lipinski definition) is 0. The average molecular weight is 759 g/mol. The molecule has 9 aromatic rings. The van der Waals surface area contributed by atoms with E-state index in [1.54, 1.807) is 0 Å². The van der Waals surface area contributed by atoms with Crippen LogP contribution >= 0.6 is 0 Å². The van der Waals surface area contributed by atoms with E-state index in [1.807, 2.05) is 48.5 Å². The number of aliphatic imine (C=N–C) groups is 3. The third kappa shape index (κ3) is 6.40. The van der Waals surface area contributed by atoms with Crippen LogP contribution in [0.3, 0.4) is 0 Å². The van der Waals surface area contributed by atoms with Crippen LogP contribution < -0.4 is 0 Å². The van der Waals surface area contributed by atoms with Crippen molar-refractivity contribution in [1.82, 2.24) is 4.57 Å². The van der Waals surface area contributed by atoms with Crippen molar-refractivity contribution >= 4 is 40.2 Å². The first-order chi connectivity index (χ1) is 29.0. The zero-order valence-corrected chi connectivity index (χ0v) is 33.2. The van der Waals surface area contributed by atoms with Gasteiger partial charge in [0.25, 0.3) is 0 Å². The number of fused-ring (bicyclic) bond motifs is 6. The Kier molecular flexibility index (Phi) is 9.03. The highest BCUT2D eigenvalue weighted by atomic mass is 15.0. The molecule has 4 heteroatoms. The van der Waals surface area contributed by atoms with Crippen molar-refractivity contribution in [3.63, 3.8) is 0 Å². The van der Waals surface area contributed by atoms with Gasteiger partial charge in [-0.2, -0.15) is 0 Å². The molecule has 0 amide bonds. The maximum atomic E-state index is 5.07. The number of nitrogens with zero attached hydrogens (tertiary/aromatic N) is 4. The highest BCUT2D eigenvalue weighted by Gasteiger charge is 2.35. The number of benzene rings is 8. The summed E-state index contributed by atoms with van der Waals surface area (Å²) in [4.78, 5) is 14.4. The molecule has 0 spiro atoms. The molecule has 1 aliphatic carbocycles. The van der Waals surface area contributed by atoms with Crippen LogP contribution in [-0.2, 0) is 12.0 Å². The Morgan fingerprint density at radius 3 is 1.88 bits per heavy atom. The molecule has 59 heavy (non-hydrogen) atoms. The Labute approximate surface area is 345 Å². The van der Waals surface area contributed by atoms with Gasteiger partial charge in [-0.1, -0.05) is 172 Å². The normalized spacial score (nSPS) is 13.4. The summed E-state index contributed by atoms with van der Waals surface area (Å²) in [6, 6.07) is 69.0. The van der Waals surface area contributed by atoms with Gasteiger partial charge < -0.3 is 4.57 Å². The second kappa shape index (κ2) is 14.8. The van der Waals surface area contributed by atoms with E-state index in [1.165, 1.54) is 55.3 Å². The first kappa shape index (κ1) is 35.9. The Balaban J connectivity index is 1.08. The molecule has 282 valence electrons. The summed E-state index contributed by atoms with van der Waals surface area (Å²) in [5.41, 5.74) is 16.4. The minimum Gasteiger partial charge on any atom is -0.309 e. The highest BCUT2D eigenvalue weighted by molar-refractivity contribution is 6.14. The SMILES string of the molecule is C=NC(=NC(=NCc1ccccc1)c1cccc(-n2c3ccccc3c3cc(-c4ccccc4-c4ccc5c(c4)C(C)(C)c4ccccc4-5)ccc32)c1)c1ccccc1. The molecule has 1 aromatic heterocycles. The quantitative estimate of drug-likeness (QED) is 0.115. The van der Waals surface area contributed by atoms with Crippen LogP contribution in [0.2, 0.25) is 0 Å². The lowest BCUT2D eigenvalue weighted by molar-refractivity contribution is 0.660. The second-order valence-electron chi connectivity index (χ2n) is 15.7. The standard InChI is InChI=1S/C55H42N4/c1-55(2)49-27-14-12-25-45(49)46-31-29-40(35-50(46)55)44-24-11-10-23-43(44)39-30-32-52-48(34-39)47-26-13-15-28-51(47)59(52)42-22-16-21-41(33-42)54(57-36-37-17-6-4-7-18-37)58-53(56-3)38-19-8-5-9-20-38/h4-35H,3,36H2,1-2H3. The molecule has 0 aliphatic heterocycles. The Hall–Kier alpha value is -7.43. The summed E-state index contributed by atoms with van der Waals surface area (Å²) in [6.45, 7) is 9.05. The predicted octanol–water partition coefficient (Wildman–Crippen LogP) is 13.5. The summed E-state index contributed by atoms with van der Waals surface area (Å²) >= 11 is 0. The van der Waals surface area contributed by atoms with Gasteiger partial charge >= 0.3 is 0 Å². The number of rotatable bonds is 7. The van der Waals surface area contributed by atoms with E-state index >= 15 is 0 Å². The zero-order valence-electron chi connectivity index (χ0n) is 33.2. The lowest BCUT2D eigenvalue weighted by Crippen LogP contribution is -2.14. The van der Waals surface area contributed by atoms with Crippen molar-refractivity contribution < 1.29 is 0 Å². The fourth-order valence-corrected chi connectivity index (χ4v) is 8.88. The van der Waals surface area contributed by atoms with Crippen LogP contribution in [0.15, 0.2) is 209 Å². The van der Waals surface area contributed by atoms with Crippen LogP contribution in [0, 0.1) is 0 Å². The molecule has 0 atom stereocenters. The van der Waals surface area contributed by atoms with Gasteiger partial charge in [0.2, 0.25) is 0 Å². The number of aromatic nitrogens is 1. The summed E-state index contributed by atoms with van der Waals surface area (Å²) < 4.78 is 2.35. The zero-order chi connectivity index (χ0) is 39.9. The summed E-state index contributed by atoms with van der Waals surface area (Å²) in [5, 5.41) is 2.39. The molecule has 0 radical (unpaired) electrons. The van der Waals surface area contributed by atoms with Crippen LogP contribution in [0.1, 0.15) is 41.7 Å². The van der Waals surface area contributed by atoms with Crippen LogP contribution in [0.4, 0.5) is 0 Å². The maximum absolute atomic E-state index is 5.07. The van der Waals surface area contributed by atoms with Crippen LogP contribution in [0.5, 0.6) is 0 Å². The highest BCUT2D eigenvalue weighted by Crippen LogP contribution is 2.50. The molecule has 0 bridgehead atoms. The molecule has 10 rings (SSSR count). The molecule has 1 aliphatic rings. The molecule has 0 fully saturated rings. The third-order valence-corrected chi connectivity index (χ3v) is 11.8. The Morgan fingerprint density at radius 2 is 1.10 bits per heavy atom. The molecular formula is C55H42N4. The molecule has 4 nitrogen and oxygen atoms in total. The molecule has 0 saturated carbocycles. The Bertz CT molecular complexity index is 3110. The largest absolute Gasteiger partial charge is 0.309 e. The summed E-state index contributed by atoms with van der Waals surface area (Å²) in [7, 11) is 0. The number of amidine groups is 2. The molecule has 8 aromatic carbocycles. The van der Waals surface area contributed by atoms with Gasteiger partial charge in [-0.3, -0.25) is 4.99 Å². The fourth-order valence-electron chi connectivity index (χ4n) is 8.88. The van der Waals surface area contributed by atoms with Gasteiger partial charge in [0.15, 0.2) is 11.7 Å². The lowest BCUT2D eigenvalue weighted by Gasteiger charge is -2.22. The molecule has 0 saturated heterocycles. The van der Waals surface area contributed by atoms with E-state index in [0.29, 0.717) is 18.2 Å². The van der Waals surface area contributed by atoms with E-state index in [4.69, 9.17) is 9.98 Å². The van der Waals surface area contributed by atoms with E-state index in [-0.39, 0.29) is 5.41 Å². The van der Waals surface area contributed by atoms with Crippen molar-refractivity contribution in [3.8, 4) is 39.1 Å². The number of para-hydroxylation sites is 1. The predicted molar refractivity (Wildman–Crippen MR) is 248 cm³/mol. The van der Waals surface area contributed by atoms with Gasteiger partial charge in [0.05, 0.1) is 17.6 Å². The molecule has 1 heterocycles. The summed E-state index contributed by atoms with van der Waals surface area (Å²) in [5.74, 6) is 1.13. The fraction of sp³-hybridized carbons (Fsp3) is 0.0727. The number of hydrogen-bond acceptors (Lipinski definition) is 1. The topological polar surface area (TPSA) is 42.0 Å². The maximum Gasteiger partial charge on any atom is 0.161 e. The Morgan fingerprint density at radius 1 is 0.492 bits per heavy atom. The van der Waals surface area contributed by atoms with Crippen molar-refractivity contribution in [2.24, 2.45) is 15.0 Å². The minimum absolute atomic E-state index is 0.0670. The van der Waals surface area contributed by atoms with Gasteiger partial charge in [-0.05, 0) is 93.2 Å². The lowest BCUT2D eigenvalue weighted by atomic mass is 9.81. The van der Waals surface area contributed by atoms with Gasteiger partial charge in [-0.25, -0.2) is 9.98 Å². The molecular weight excluding hydrogens is 717 g/mol. The van der Waals surface area contributed by atoms with Crippen LogP contribution in [0.25, 0.3) is 60.9 Å². The van der Waals surface area contributed by atoms with E-state index in [9.17, 15) is 0 Å². The van der Waals surface area contributed by atoms with Crippen molar-refractivity contribution in [2.45, 2.75) is 25.8 Å². The molecule has 0 N–H and O–H groups in total. The van der Waals surface area contributed by atoms with Gasteiger partial charge in [0, 0.05) is 33.0 Å². The smallest absolute Gasteiger partial charge is 0.161 e. The van der Waals surface area contributed by atoms with Crippen molar-refractivity contribution in [1.29, 1.82) is 0 Å². The van der Waals surface area contributed by atoms with Gasteiger partial charge in [0.1, 0.15) is 0 Å². The van der Waals surface area contributed by atoms with E-state index in [0.717, 1.165) is 33.4 Å². The monoisotopic (exact) mass is 758 g/mol. The second-order valence-corrected chi connectivity index (χ2v) is 15.7. The first-order valence-electron chi connectivity index (χ1n) is 20.2. The van der Waals surface area contributed by atoms with Crippen LogP contribution in [-0.4, -0.2) is 23.0 Å². The average Bonchev–Trinajstić information content (AvgIpc) is 3.74. The van der Waals surface area contributed by atoms with Gasteiger partial charge in [-0.15, -0.1) is 0 Å². The van der Waals surface area contributed by atoms with E-state index in [2.05, 4.69) is 176 Å². The third-order valence-electron chi connectivity index (χ3n) is 11.8. The first-order valence-corrected chi connectivity index (χ1v) is 20.2. The van der Waals surface area contributed by atoms with Crippen molar-refractivity contribution in [2.75, 3.05) is 0 Å². The van der Waals surface area contributed by atoms with Crippen molar-refractivity contribution in [3.05, 3.63) is 222 Å². The van der Waals surface area contributed by atoms with E-state index < -0.39 is 0 Å². The summed E-state index contributed by atoms with van der Waals surface area (Å²) in [6.07, 6.45) is 0.